The van der Waals surface area contributed by atoms with Crippen LogP contribution in [0.3, 0.4) is 0 Å². The van der Waals surface area contributed by atoms with Crippen molar-refractivity contribution in [3.8, 4) is 23.0 Å². The Morgan fingerprint density at radius 2 is 1.19 bits per heavy atom. The second-order valence-electron chi connectivity index (χ2n) is 13.8. The number of benzene rings is 5. The fourth-order valence-corrected chi connectivity index (χ4v) is 7.13. The monoisotopic (exact) mass is 698 g/mol. The van der Waals surface area contributed by atoms with Gasteiger partial charge in [0.05, 0.1) is 7.11 Å². The molecule has 2 atom stereocenters. The highest BCUT2D eigenvalue weighted by atomic mass is 16.5. The second-order valence-corrected chi connectivity index (χ2v) is 13.8. The van der Waals surface area contributed by atoms with Gasteiger partial charge in [0.2, 0.25) is 0 Å². The molecule has 5 aromatic carbocycles. The van der Waals surface area contributed by atoms with E-state index in [4.69, 9.17) is 24.7 Å². The molecule has 0 radical (unpaired) electrons. The van der Waals surface area contributed by atoms with Crippen LogP contribution in [0, 0.1) is 0 Å². The number of rotatable bonds is 20. The molecular formula is C46H54N2O4. The van der Waals surface area contributed by atoms with Gasteiger partial charge in [0.25, 0.3) is 0 Å². The van der Waals surface area contributed by atoms with Crippen molar-refractivity contribution < 1.29 is 18.9 Å². The summed E-state index contributed by atoms with van der Waals surface area (Å²) >= 11 is 0. The first-order chi connectivity index (χ1) is 25.7. The van der Waals surface area contributed by atoms with Crippen LogP contribution in [0.1, 0.15) is 77.8 Å². The third-order valence-electron chi connectivity index (χ3n) is 10.0. The van der Waals surface area contributed by atoms with Crippen LogP contribution in [0.2, 0.25) is 0 Å². The summed E-state index contributed by atoms with van der Waals surface area (Å²) in [6.07, 6.45) is 8.65. The van der Waals surface area contributed by atoms with Crippen LogP contribution in [0.5, 0.6) is 23.0 Å². The molecule has 2 unspecified atom stereocenters. The number of hydrogen-bond acceptors (Lipinski definition) is 6. The molecule has 0 amide bonds. The maximum atomic E-state index is 6.80. The van der Waals surface area contributed by atoms with Crippen LogP contribution >= 0.6 is 0 Å². The molecule has 5 aromatic rings. The van der Waals surface area contributed by atoms with Gasteiger partial charge in [-0.25, -0.2) is 0 Å². The number of methoxy groups -OCH3 is 1. The van der Waals surface area contributed by atoms with Crippen molar-refractivity contribution in [2.75, 3.05) is 20.2 Å². The van der Waals surface area contributed by atoms with E-state index in [2.05, 4.69) is 78.1 Å². The van der Waals surface area contributed by atoms with Gasteiger partial charge in [-0.3, -0.25) is 0 Å². The Kier molecular flexibility index (Phi) is 14.0. The minimum Gasteiger partial charge on any atom is -0.493 e. The Hall–Kier alpha value is -4.78. The minimum atomic E-state index is 0.162. The molecule has 6 rings (SSSR count). The molecule has 52 heavy (non-hydrogen) atoms. The molecule has 0 bridgehead atoms. The lowest BCUT2D eigenvalue weighted by atomic mass is 9.76. The number of unbranched alkanes of at least 4 members (excludes halogenated alkanes) is 3. The smallest absolute Gasteiger partial charge is 0.165 e. The van der Waals surface area contributed by atoms with Crippen molar-refractivity contribution in [1.82, 2.24) is 5.32 Å². The molecule has 0 spiro atoms. The lowest BCUT2D eigenvalue weighted by molar-refractivity contribution is 0.251. The third-order valence-corrected chi connectivity index (χ3v) is 10.0. The van der Waals surface area contributed by atoms with Gasteiger partial charge in [-0.15, -0.1) is 0 Å². The first kappa shape index (κ1) is 37.0. The van der Waals surface area contributed by atoms with Gasteiger partial charge < -0.3 is 30.0 Å². The predicted molar refractivity (Wildman–Crippen MR) is 210 cm³/mol. The molecule has 3 N–H and O–H groups in total. The summed E-state index contributed by atoms with van der Waals surface area (Å²) < 4.78 is 24.6. The molecule has 6 nitrogen and oxygen atoms in total. The van der Waals surface area contributed by atoms with E-state index in [1.54, 1.807) is 7.11 Å². The lowest BCUT2D eigenvalue weighted by Gasteiger charge is -2.33. The molecule has 0 heterocycles. The Morgan fingerprint density at radius 3 is 1.85 bits per heavy atom. The topological polar surface area (TPSA) is 75.0 Å². The molecule has 0 fully saturated rings. The van der Waals surface area contributed by atoms with Crippen LogP contribution in [-0.2, 0) is 32.7 Å². The van der Waals surface area contributed by atoms with Crippen LogP contribution in [0.15, 0.2) is 121 Å². The number of fused-ring (bicyclic) bond motifs is 1. The fraction of sp³-hybridized carbons (Fsp3) is 0.348. The molecule has 0 saturated heterocycles. The molecule has 0 saturated carbocycles. The molecule has 272 valence electrons. The average molecular weight is 699 g/mol. The van der Waals surface area contributed by atoms with Gasteiger partial charge in [-0.1, -0.05) is 122 Å². The van der Waals surface area contributed by atoms with Gasteiger partial charge in [0, 0.05) is 11.6 Å². The SMILES string of the molecule is COc1ccc(CCNCCCCCCC2c3ccc(OCc4ccccc4)c(OCc4ccccc4)c3CCC2N)cc1OCc1ccccc1. The summed E-state index contributed by atoms with van der Waals surface area (Å²) in [5.41, 5.74) is 14.1. The molecule has 0 aliphatic heterocycles. The minimum absolute atomic E-state index is 0.162. The quantitative estimate of drug-likeness (QED) is 0.0789. The Bertz CT molecular complexity index is 1780. The largest absolute Gasteiger partial charge is 0.493 e. The van der Waals surface area contributed by atoms with Crippen molar-refractivity contribution >= 4 is 0 Å². The first-order valence-corrected chi connectivity index (χ1v) is 19.0. The van der Waals surface area contributed by atoms with Crippen LogP contribution in [0.25, 0.3) is 0 Å². The normalized spacial score (nSPS) is 15.1. The standard InChI is InChI=1S/C46H54N2O4/c1-49-43-26-22-35(31-45(43)51-33-37-17-9-5-10-18-37)28-30-48-29-14-3-2-13-21-40-39-24-27-44(50-32-36-15-7-4-8-16-36)46(41(39)23-25-42(40)47)52-34-38-19-11-6-12-20-38/h4-12,15-20,22,24,26-27,31,40,42,48H,2-3,13-14,21,23,25,28-30,32-34,47H2,1H3. The van der Waals surface area contributed by atoms with Gasteiger partial charge in [-0.2, -0.15) is 0 Å². The van der Waals surface area contributed by atoms with E-state index in [0.717, 1.165) is 78.5 Å². The van der Waals surface area contributed by atoms with Gasteiger partial charge >= 0.3 is 0 Å². The molecule has 0 aromatic heterocycles. The van der Waals surface area contributed by atoms with E-state index >= 15 is 0 Å². The van der Waals surface area contributed by atoms with Crippen LogP contribution in [0.4, 0.5) is 0 Å². The molecule has 1 aliphatic rings. The van der Waals surface area contributed by atoms with E-state index in [1.807, 2.05) is 48.5 Å². The lowest BCUT2D eigenvalue weighted by Crippen LogP contribution is -2.33. The van der Waals surface area contributed by atoms with E-state index in [9.17, 15) is 0 Å². The Balaban J connectivity index is 0.961. The molecule has 6 heteroatoms. The van der Waals surface area contributed by atoms with Crippen molar-refractivity contribution in [3.63, 3.8) is 0 Å². The van der Waals surface area contributed by atoms with Crippen molar-refractivity contribution in [3.05, 3.63) is 155 Å². The summed E-state index contributed by atoms with van der Waals surface area (Å²) in [4.78, 5) is 0. The first-order valence-electron chi connectivity index (χ1n) is 19.0. The highest BCUT2D eigenvalue weighted by molar-refractivity contribution is 5.54. The summed E-state index contributed by atoms with van der Waals surface area (Å²) in [6.45, 7) is 3.49. The maximum Gasteiger partial charge on any atom is 0.165 e. The van der Waals surface area contributed by atoms with Crippen LogP contribution < -0.4 is 30.0 Å². The van der Waals surface area contributed by atoms with E-state index in [-0.39, 0.29) is 6.04 Å². The second kappa shape index (κ2) is 19.7. The highest BCUT2D eigenvalue weighted by Crippen LogP contribution is 2.44. The van der Waals surface area contributed by atoms with Crippen molar-refractivity contribution in [2.24, 2.45) is 5.73 Å². The van der Waals surface area contributed by atoms with Gasteiger partial charge in [0.1, 0.15) is 19.8 Å². The zero-order valence-corrected chi connectivity index (χ0v) is 30.6. The molecule has 1 aliphatic carbocycles. The predicted octanol–water partition coefficient (Wildman–Crippen LogP) is 9.57. The maximum absolute atomic E-state index is 6.80. The third kappa shape index (κ3) is 10.6. The van der Waals surface area contributed by atoms with Crippen LogP contribution in [-0.4, -0.2) is 26.2 Å². The number of ether oxygens (including phenoxy) is 4. The summed E-state index contributed by atoms with van der Waals surface area (Å²) in [5, 5.41) is 3.64. The Morgan fingerprint density at radius 1 is 0.596 bits per heavy atom. The average Bonchev–Trinajstić information content (AvgIpc) is 3.19. The van der Waals surface area contributed by atoms with Gasteiger partial charge in [-0.05, 0) is 97.1 Å². The van der Waals surface area contributed by atoms with E-state index in [0.29, 0.717) is 25.7 Å². The summed E-state index contributed by atoms with van der Waals surface area (Å²) in [5.74, 6) is 3.57. The van der Waals surface area contributed by atoms with Gasteiger partial charge in [0.15, 0.2) is 23.0 Å². The van der Waals surface area contributed by atoms with E-state index in [1.165, 1.54) is 42.4 Å². The molecular weight excluding hydrogens is 645 g/mol. The zero-order chi connectivity index (χ0) is 35.8. The number of nitrogens with two attached hydrogens (primary N) is 1. The zero-order valence-electron chi connectivity index (χ0n) is 30.6. The number of nitrogens with one attached hydrogen (secondary N) is 1. The fourth-order valence-electron chi connectivity index (χ4n) is 7.13. The summed E-state index contributed by atoms with van der Waals surface area (Å²) in [7, 11) is 1.69. The Labute approximate surface area is 310 Å². The van der Waals surface area contributed by atoms with E-state index < -0.39 is 0 Å². The van der Waals surface area contributed by atoms with Crippen molar-refractivity contribution in [1.29, 1.82) is 0 Å². The highest BCUT2D eigenvalue weighted by Gasteiger charge is 2.30. The van der Waals surface area contributed by atoms with Crippen molar-refractivity contribution in [2.45, 2.75) is 83.1 Å². The summed E-state index contributed by atoms with van der Waals surface area (Å²) in [6, 6.07) is 41.6. The number of hydrogen-bond donors (Lipinski definition) is 2.